The van der Waals surface area contributed by atoms with Gasteiger partial charge < -0.3 is 4.90 Å². The van der Waals surface area contributed by atoms with Gasteiger partial charge >= 0.3 is 0 Å². The van der Waals surface area contributed by atoms with Crippen LogP contribution in [0, 0.1) is 0 Å². The first-order valence-corrected chi connectivity index (χ1v) is 8.33. The first-order chi connectivity index (χ1) is 9.24. The zero-order chi connectivity index (χ0) is 13.2. The summed E-state index contributed by atoms with van der Waals surface area (Å²) < 4.78 is 0. The molecule has 0 N–H and O–H groups in total. The van der Waals surface area contributed by atoms with Crippen LogP contribution in [0.25, 0.3) is 0 Å². The molecule has 1 aromatic rings. The molecule has 1 fully saturated rings. The number of hydrogen-bond donors (Lipinski definition) is 0. The molecule has 0 bridgehead atoms. The Morgan fingerprint density at radius 2 is 2.16 bits per heavy atom. The van der Waals surface area contributed by atoms with Crippen LogP contribution >= 0.6 is 11.8 Å². The van der Waals surface area contributed by atoms with Gasteiger partial charge in [0.25, 0.3) is 0 Å². The first kappa shape index (κ1) is 13.5. The third-order valence-electron chi connectivity index (χ3n) is 4.33. The third kappa shape index (κ3) is 2.99. The van der Waals surface area contributed by atoms with Gasteiger partial charge in [-0.3, -0.25) is 4.90 Å². The first-order valence-electron chi connectivity index (χ1n) is 7.34. The number of benzene rings is 1. The summed E-state index contributed by atoms with van der Waals surface area (Å²) in [5.74, 6) is 2.01. The fourth-order valence-electron chi connectivity index (χ4n) is 3.43. The Bertz CT molecular complexity index is 433. The Kier molecular flexibility index (Phi) is 4.15. The molecular weight excluding hydrogens is 252 g/mol. The van der Waals surface area contributed by atoms with Gasteiger partial charge in [0.15, 0.2) is 0 Å². The van der Waals surface area contributed by atoms with Gasteiger partial charge in [0.05, 0.1) is 0 Å². The second-order valence-electron chi connectivity index (χ2n) is 6.10. The van der Waals surface area contributed by atoms with E-state index < -0.39 is 0 Å². The maximum absolute atomic E-state index is 2.73. The molecule has 3 rings (SSSR count). The maximum atomic E-state index is 2.73. The molecule has 2 aliphatic rings. The molecule has 2 aliphatic heterocycles. The van der Waals surface area contributed by atoms with Crippen LogP contribution in [0.1, 0.15) is 24.3 Å². The number of nitrogens with zero attached hydrogens (tertiary/aromatic N) is 2. The lowest BCUT2D eigenvalue weighted by molar-refractivity contribution is 0.201. The Morgan fingerprint density at radius 1 is 1.32 bits per heavy atom. The molecule has 2 atom stereocenters. The Hall–Kier alpha value is -0.510. The van der Waals surface area contributed by atoms with Crippen LogP contribution in [0.3, 0.4) is 0 Å². The molecule has 0 radical (unpaired) electrons. The highest BCUT2D eigenvalue weighted by Gasteiger charge is 2.30. The number of rotatable bonds is 4. The fraction of sp³-hybridized carbons (Fsp3) is 0.625. The standard InChI is InChI=1S/C16H24N2S/c1-17(2)11-14-6-5-9-18(14)10-13-12-19-16-8-4-3-7-15(13)16/h3-4,7-8,13-14H,5-6,9-12H2,1-2H3. The van der Waals surface area contributed by atoms with E-state index in [1.165, 1.54) is 43.1 Å². The van der Waals surface area contributed by atoms with Gasteiger partial charge in [-0.1, -0.05) is 18.2 Å². The van der Waals surface area contributed by atoms with E-state index in [0.29, 0.717) is 0 Å². The molecule has 104 valence electrons. The average molecular weight is 276 g/mol. The smallest absolute Gasteiger partial charge is 0.0223 e. The molecule has 0 saturated carbocycles. The lowest BCUT2D eigenvalue weighted by atomic mass is 10.0. The number of thioether (sulfide) groups is 1. The zero-order valence-corrected chi connectivity index (χ0v) is 12.8. The van der Waals surface area contributed by atoms with Gasteiger partial charge in [0, 0.05) is 35.7 Å². The molecule has 19 heavy (non-hydrogen) atoms. The monoisotopic (exact) mass is 276 g/mol. The summed E-state index contributed by atoms with van der Waals surface area (Å²) in [5.41, 5.74) is 1.59. The topological polar surface area (TPSA) is 6.48 Å². The van der Waals surface area contributed by atoms with E-state index in [4.69, 9.17) is 0 Å². The van der Waals surface area contributed by atoms with Crippen LogP contribution in [-0.4, -0.2) is 55.3 Å². The lowest BCUT2D eigenvalue weighted by Gasteiger charge is -2.29. The van der Waals surface area contributed by atoms with Crippen molar-refractivity contribution in [1.82, 2.24) is 9.80 Å². The number of likely N-dealkylation sites (N-methyl/N-ethyl adjacent to an activating group) is 1. The van der Waals surface area contributed by atoms with Crippen molar-refractivity contribution in [2.75, 3.05) is 39.5 Å². The van der Waals surface area contributed by atoms with E-state index in [2.05, 4.69) is 48.2 Å². The minimum absolute atomic E-state index is 0.740. The van der Waals surface area contributed by atoms with E-state index in [9.17, 15) is 0 Å². The molecule has 3 heteroatoms. The molecule has 0 aliphatic carbocycles. The highest BCUT2D eigenvalue weighted by molar-refractivity contribution is 7.99. The van der Waals surface area contributed by atoms with Crippen molar-refractivity contribution in [1.29, 1.82) is 0 Å². The van der Waals surface area contributed by atoms with E-state index in [-0.39, 0.29) is 0 Å². The zero-order valence-electron chi connectivity index (χ0n) is 12.0. The normalized spacial score (nSPS) is 27.1. The van der Waals surface area contributed by atoms with E-state index in [1.54, 1.807) is 5.56 Å². The molecule has 1 saturated heterocycles. The molecule has 2 nitrogen and oxygen atoms in total. The van der Waals surface area contributed by atoms with Crippen molar-refractivity contribution < 1.29 is 0 Å². The van der Waals surface area contributed by atoms with Gasteiger partial charge in [-0.05, 0) is 45.1 Å². The van der Waals surface area contributed by atoms with Crippen molar-refractivity contribution in [3.63, 3.8) is 0 Å². The highest BCUT2D eigenvalue weighted by Crippen LogP contribution is 2.40. The summed E-state index contributed by atoms with van der Waals surface area (Å²) in [6.45, 7) is 3.76. The van der Waals surface area contributed by atoms with Crippen LogP contribution in [-0.2, 0) is 0 Å². The highest BCUT2D eigenvalue weighted by atomic mass is 32.2. The van der Waals surface area contributed by atoms with Crippen LogP contribution in [0.2, 0.25) is 0 Å². The Labute approximate surface area is 121 Å². The Morgan fingerprint density at radius 3 is 3.00 bits per heavy atom. The van der Waals surface area contributed by atoms with E-state index >= 15 is 0 Å². The summed E-state index contributed by atoms with van der Waals surface area (Å²) in [6, 6.07) is 9.74. The summed E-state index contributed by atoms with van der Waals surface area (Å²) in [4.78, 5) is 6.57. The molecule has 0 amide bonds. The van der Waals surface area contributed by atoms with Crippen LogP contribution in [0.4, 0.5) is 0 Å². The number of hydrogen-bond acceptors (Lipinski definition) is 3. The van der Waals surface area contributed by atoms with Crippen LogP contribution in [0.5, 0.6) is 0 Å². The molecule has 2 unspecified atom stereocenters. The predicted molar refractivity (Wildman–Crippen MR) is 83.1 cm³/mol. The van der Waals surface area contributed by atoms with Crippen molar-refractivity contribution in [2.45, 2.75) is 29.7 Å². The number of fused-ring (bicyclic) bond motifs is 1. The summed E-state index contributed by atoms with van der Waals surface area (Å²) in [5, 5.41) is 0. The second kappa shape index (κ2) is 5.86. The SMILES string of the molecule is CN(C)CC1CCCN1CC1CSc2ccccc21. The van der Waals surface area contributed by atoms with Crippen LogP contribution < -0.4 is 0 Å². The summed E-state index contributed by atoms with van der Waals surface area (Å²) in [7, 11) is 4.38. The average Bonchev–Trinajstić information content (AvgIpc) is 2.98. The van der Waals surface area contributed by atoms with Crippen LogP contribution in [0.15, 0.2) is 29.2 Å². The van der Waals surface area contributed by atoms with Crippen molar-refractivity contribution in [2.24, 2.45) is 0 Å². The third-order valence-corrected chi connectivity index (χ3v) is 5.58. The molecular formula is C16H24N2S. The quantitative estimate of drug-likeness (QED) is 0.835. The van der Waals surface area contributed by atoms with Gasteiger partial charge in [0.1, 0.15) is 0 Å². The fourth-order valence-corrected chi connectivity index (χ4v) is 4.67. The van der Waals surface area contributed by atoms with Gasteiger partial charge in [-0.2, -0.15) is 0 Å². The van der Waals surface area contributed by atoms with Crippen molar-refractivity contribution >= 4 is 11.8 Å². The minimum atomic E-state index is 0.740. The van der Waals surface area contributed by atoms with Crippen molar-refractivity contribution in [3.8, 4) is 0 Å². The molecule has 0 spiro atoms. The summed E-state index contributed by atoms with van der Waals surface area (Å²) >= 11 is 2.04. The van der Waals surface area contributed by atoms with Gasteiger partial charge in [-0.25, -0.2) is 0 Å². The predicted octanol–water partition coefficient (Wildman–Crippen LogP) is 2.90. The van der Waals surface area contributed by atoms with Gasteiger partial charge in [-0.15, -0.1) is 11.8 Å². The molecule has 1 aromatic carbocycles. The van der Waals surface area contributed by atoms with E-state index in [1.807, 2.05) is 11.8 Å². The second-order valence-corrected chi connectivity index (χ2v) is 7.16. The maximum Gasteiger partial charge on any atom is 0.0223 e. The minimum Gasteiger partial charge on any atom is -0.308 e. The Balaban J connectivity index is 1.66. The molecule has 2 heterocycles. The van der Waals surface area contributed by atoms with E-state index in [0.717, 1.165) is 12.0 Å². The van der Waals surface area contributed by atoms with Gasteiger partial charge in [0.2, 0.25) is 0 Å². The summed E-state index contributed by atoms with van der Waals surface area (Å²) in [6.07, 6.45) is 2.75. The number of likely N-dealkylation sites (tertiary alicyclic amines) is 1. The molecule has 0 aromatic heterocycles. The lowest BCUT2D eigenvalue weighted by Crippen LogP contribution is -2.39. The van der Waals surface area contributed by atoms with Crippen molar-refractivity contribution in [3.05, 3.63) is 29.8 Å². The largest absolute Gasteiger partial charge is 0.308 e.